The maximum absolute atomic E-state index is 11.9. The second kappa shape index (κ2) is 4.58. The Bertz CT molecular complexity index is 276. The minimum atomic E-state index is 0.0806. The summed E-state index contributed by atoms with van der Waals surface area (Å²) < 4.78 is 0. The molecule has 0 spiro atoms. The van der Waals surface area contributed by atoms with Gasteiger partial charge in [0.15, 0.2) is 0 Å². The molecule has 0 radical (unpaired) electrons. The SMILES string of the molecule is C/C=C(\S)C(=O)N1CC2NCCC[C@H]2C1. The van der Waals surface area contributed by atoms with Crippen LogP contribution in [0.4, 0.5) is 0 Å². The monoisotopic (exact) mass is 226 g/mol. The fourth-order valence-corrected chi connectivity index (χ4v) is 2.64. The third-order valence-electron chi connectivity index (χ3n) is 3.38. The highest BCUT2D eigenvalue weighted by molar-refractivity contribution is 7.85. The van der Waals surface area contributed by atoms with Gasteiger partial charge in [0.1, 0.15) is 0 Å². The Morgan fingerprint density at radius 1 is 1.53 bits per heavy atom. The van der Waals surface area contributed by atoms with Crippen molar-refractivity contribution in [1.82, 2.24) is 10.2 Å². The van der Waals surface area contributed by atoms with E-state index in [2.05, 4.69) is 17.9 Å². The Morgan fingerprint density at radius 3 is 3.00 bits per heavy atom. The number of nitrogens with one attached hydrogen (secondary N) is 1. The number of carbonyl (C=O) groups excluding carboxylic acids is 1. The first-order chi connectivity index (χ1) is 7.22. The lowest BCUT2D eigenvalue weighted by Crippen LogP contribution is -2.41. The highest BCUT2D eigenvalue weighted by Gasteiger charge is 2.36. The van der Waals surface area contributed by atoms with Gasteiger partial charge in [-0.25, -0.2) is 0 Å². The van der Waals surface area contributed by atoms with E-state index in [4.69, 9.17) is 0 Å². The van der Waals surface area contributed by atoms with Crippen LogP contribution in [-0.4, -0.2) is 36.5 Å². The summed E-state index contributed by atoms with van der Waals surface area (Å²) in [5.74, 6) is 0.734. The number of thiol groups is 1. The summed E-state index contributed by atoms with van der Waals surface area (Å²) in [7, 11) is 0. The second-order valence-corrected chi connectivity index (χ2v) is 4.83. The van der Waals surface area contributed by atoms with Crippen LogP contribution in [0, 0.1) is 5.92 Å². The standard InChI is InChI=1S/C11H18N2OS/c1-2-10(15)11(14)13-6-8-4-3-5-12-9(8)7-13/h2,8-9,12,15H,3-7H2,1H3/b10-2-/t8-,9?/m0/s1. The molecule has 15 heavy (non-hydrogen) atoms. The molecule has 2 fully saturated rings. The van der Waals surface area contributed by atoms with Gasteiger partial charge in [-0.05, 0) is 32.2 Å². The first-order valence-corrected chi connectivity index (χ1v) is 6.05. The number of amides is 1. The molecule has 1 amide bonds. The Hall–Kier alpha value is -0.480. The van der Waals surface area contributed by atoms with Crippen molar-refractivity contribution in [1.29, 1.82) is 0 Å². The van der Waals surface area contributed by atoms with Crippen LogP contribution < -0.4 is 5.32 Å². The summed E-state index contributed by atoms with van der Waals surface area (Å²) in [6.07, 6.45) is 4.25. The second-order valence-electron chi connectivity index (χ2n) is 4.35. The molecule has 2 heterocycles. The molecule has 0 bridgehead atoms. The molecular weight excluding hydrogens is 208 g/mol. The summed E-state index contributed by atoms with van der Waals surface area (Å²) in [6.45, 7) is 4.69. The van der Waals surface area contributed by atoms with Gasteiger partial charge in [0.05, 0.1) is 4.91 Å². The first kappa shape index (κ1) is 11.0. The number of carbonyl (C=O) groups is 1. The number of fused-ring (bicyclic) bond motifs is 1. The van der Waals surface area contributed by atoms with Gasteiger partial charge in [0.25, 0.3) is 5.91 Å². The summed E-state index contributed by atoms with van der Waals surface area (Å²) in [5, 5.41) is 3.48. The zero-order valence-electron chi connectivity index (χ0n) is 9.07. The minimum absolute atomic E-state index is 0.0806. The largest absolute Gasteiger partial charge is 0.336 e. The van der Waals surface area contributed by atoms with E-state index in [-0.39, 0.29) is 5.91 Å². The smallest absolute Gasteiger partial charge is 0.259 e. The number of allylic oxidation sites excluding steroid dienone is 1. The van der Waals surface area contributed by atoms with Crippen molar-refractivity contribution in [3.8, 4) is 0 Å². The molecule has 0 aromatic carbocycles. The van der Waals surface area contributed by atoms with Crippen molar-refractivity contribution in [3.63, 3.8) is 0 Å². The molecule has 2 atom stereocenters. The zero-order chi connectivity index (χ0) is 10.8. The van der Waals surface area contributed by atoms with Crippen molar-refractivity contribution < 1.29 is 4.79 Å². The van der Waals surface area contributed by atoms with Gasteiger partial charge >= 0.3 is 0 Å². The van der Waals surface area contributed by atoms with E-state index in [0.29, 0.717) is 16.9 Å². The van der Waals surface area contributed by atoms with E-state index in [9.17, 15) is 4.79 Å². The number of hydrogen-bond donors (Lipinski definition) is 2. The number of hydrogen-bond acceptors (Lipinski definition) is 3. The van der Waals surface area contributed by atoms with E-state index >= 15 is 0 Å². The average molecular weight is 226 g/mol. The minimum Gasteiger partial charge on any atom is -0.336 e. The summed E-state index contributed by atoms with van der Waals surface area (Å²) in [4.78, 5) is 14.4. The molecule has 2 aliphatic rings. The topological polar surface area (TPSA) is 32.3 Å². The molecule has 2 rings (SSSR count). The highest BCUT2D eigenvalue weighted by atomic mass is 32.1. The van der Waals surface area contributed by atoms with Gasteiger partial charge in [0, 0.05) is 19.1 Å². The fraction of sp³-hybridized carbons (Fsp3) is 0.727. The first-order valence-electron chi connectivity index (χ1n) is 5.60. The van der Waals surface area contributed by atoms with Crippen LogP contribution in [0.1, 0.15) is 19.8 Å². The molecule has 2 aliphatic heterocycles. The molecule has 2 saturated heterocycles. The molecular formula is C11H18N2OS. The number of likely N-dealkylation sites (tertiary alicyclic amines) is 1. The maximum atomic E-state index is 11.9. The number of rotatable bonds is 1. The van der Waals surface area contributed by atoms with E-state index in [1.165, 1.54) is 12.8 Å². The molecule has 3 nitrogen and oxygen atoms in total. The highest BCUT2D eigenvalue weighted by Crippen LogP contribution is 2.26. The average Bonchev–Trinajstić information content (AvgIpc) is 2.70. The van der Waals surface area contributed by atoms with Crippen molar-refractivity contribution >= 4 is 18.5 Å². The third-order valence-corrected chi connectivity index (χ3v) is 3.83. The van der Waals surface area contributed by atoms with Crippen LogP contribution in [-0.2, 0) is 4.79 Å². The lowest BCUT2D eigenvalue weighted by Gasteiger charge is -2.24. The molecule has 1 unspecified atom stereocenters. The van der Waals surface area contributed by atoms with Crippen LogP contribution in [0.15, 0.2) is 11.0 Å². The maximum Gasteiger partial charge on any atom is 0.259 e. The molecule has 0 aromatic heterocycles. The molecule has 84 valence electrons. The lowest BCUT2D eigenvalue weighted by molar-refractivity contribution is -0.125. The van der Waals surface area contributed by atoms with Gasteiger partial charge in [-0.1, -0.05) is 6.08 Å². The predicted molar refractivity (Wildman–Crippen MR) is 63.8 cm³/mol. The van der Waals surface area contributed by atoms with Crippen LogP contribution in [0.25, 0.3) is 0 Å². The van der Waals surface area contributed by atoms with Crippen LogP contribution in [0.5, 0.6) is 0 Å². The Morgan fingerprint density at radius 2 is 2.33 bits per heavy atom. The van der Waals surface area contributed by atoms with E-state index < -0.39 is 0 Å². The van der Waals surface area contributed by atoms with E-state index in [1.807, 2.05) is 11.8 Å². The van der Waals surface area contributed by atoms with Gasteiger partial charge in [0.2, 0.25) is 0 Å². The van der Waals surface area contributed by atoms with Crippen LogP contribution >= 0.6 is 12.6 Å². The Labute approximate surface area is 96.3 Å². The van der Waals surface area contributed by atoms with Crippen molar-refractivity contribution in [3.05, 3.63) is 11.0 Å². The summed E-state index contributed by atoms with van der Waals surface area (Å²) in [6, 6.07) is 0.515. The fourth-order valence-electron chi connectivity index (χ4n) is 2.50. The normalized spacial score (nSPS) is 31.6. The Kier molecular flexibility index (Phi) is 3.36. The lowest BCUT2D eigenvalue weighted by atomic mass is 9.94. The van der Waals surface area contributed by atoms with Crippen LogP contribution in [0.2, 0.25) is 0 Å². The van der Waals surface area contributed by atoms with Gasteiger partial charge in [-0.2, -0.15) is 0 Å². The van der Waals surface area contributed by atoms with Crippen molar-refractivity contribution in [2.75, 3.05) is 19.6 Å². The van der Waals surface area contributed by atoms with Gasteiger partial charge in [-0.3, -0.25) is 4.79 Å². The summed E-state index contributed by atoms with van der Waals surface area (Å²) in [5.41, 5.74) is 0. The predicted octanol–water partition coefficient (Wildman–Crippen LogP) is 1.03. The van der Waals surface area contributed by atoms with Crippen LogP contribution in [0.3, 0.4) is 0 Å². The van der Waals surface area contributed by atoms with Gasteiger partial charge < -0.3 is 10.2 Å². The molecule has 0 aliphatic carbocycles. The van der Waals surface area contributed by atoms with Crippen molar-refractivity contribution in [2.45, 2.75) is 25.8 Å². The summed E-state index contributed by atoms with van der Waals surface area (Å²) >= 11 is 4.18. The third kappa shape index (κ3) is 2.21. The van der Waals surface area contributed by atoms with E-state index in [1.54, 1.807) is 6.08 Å². The Balaban J connectivity index is 1.99. The molecule has 0 saturated carbocycles. The molecule has 0 aromatic rings. The zero-order valence-corrected chi connectivity index (χ0v) is 9.96. The van der Waals surface area contributed by atoms with E-state index in [0.717, 1.165) is 19.6 Å². The number of nitrogens with zero attached hydrogens (tertiary/aromatic N) is 1. The quantitative estimate of drug-likeness (QED) is 0.517. The molecule has 1 N–H and O–H groups in total. The molecule has 4 heteroatoms. The number of piperidine rings is 1. The van der Waals surface area contributed by atoms with Gasteiger partial charge in [-0.15, -0.1) is 12.6 Å². The van der Waals surface area contributed by atoms with Crippen molar-refractivity contribution in [2.24, 2.45) is 5.92 Å².